The van der Waals surface area contributed by atoms with Crippen LogP contribution in [0.5, 0.6) is 5.88 Å². The maximum absolute atomic E-state index is 12.0. The maximum Gasteiger partial charge on any atom is 0.336 e. The van der Waals surface area contributed by atoms with Gasteiger partial charge in [0.2, 0.25) is 5.88 Å². The molecule has 0 bridgehead atoms. The van der Waals surface area contributed by atoms with Crippen LogP contribution in [0.3, 0.4) is 0 Å². The molecule has 9 heteroatoms. The third kappa shape index (κ3) is 5.96. The summed E-state index contributed by atoms with van der Waals surface area (Å²) in [6.45, 7) is 4.24. The fraction of sp³-hybridized carbons (Fsp3) is 0.458. The third-order valence-corrected chi connectivity index (χ3v) is 6.94. The van der Waals surface area contributed by atoms with E-state index in [1.165, 1.54) is 38.1 Å². The minimum Gasteiger partial charge on any atom is -0.478 e. The predicted molar refractivity (Wildman–Crippen MR) is 128 cm³/mol. The number of likely N-dealkylation sites (tertiary alicyclic amines) is 1. The van der Waals surface area contributed by atoms with Crippen molar-refractivity contribution in [1.29, 1.82) is 0 Å². The SMILES string of the molecule is Cc1c(Cl)cc(C(=O)O)c(-c2ccnc(OCCCCC3CCN(C)CC3)c2Cl)c1C(=O)O. The van der Waals surface area contributed by atoms with Crippen molar-refractivity contribution in [2.24, 2.45) is 5.92 Å². The number of ether oxygens (including phenoxy) is 1. The lowest BCUT2D eigenvalue weighted by Gasteiger charge is -2.28. The van der Waals surface area contributed by atoms with Gasteiger partial charge in [0.05, 0.1) is 17.7 Å². The molecular formula is C24H28Cl2N2O5. The van der Waals surface area contributed by atoms with Crippen molar-refractivity contribution in [1.82, 2.24) is 9.88 Å². The van der Waals surface area contributed by atoms with Gasteiger partial charge in [0.15, 0.2) is 0 Å². The van der Waals surface area contributed by atoms with E-state index in [4.69, 9.17) is 27.9 Å². The maximum atomic E-state index is 12.0. The Morgan fingerprint density at radius 3 is 2.52 bits per heavy atom. The first-order valence-electron chi connectivity index (χ1n) is 11.0. The van der Waals surface area contributed by atoms with Crippen molar-refractivity contribution in [2.45, 2.75) is 39.0 Å². The number of hydrogen-bond donors (Lipinski definition) is 2. The zero-order valence-corrected chi connectivity index (χ0v) is 20.2. The fourth-order valence-corrected chi connectivity index (χ4v) is 4.70. The molecule has 0 amide bonds. The molecule has 1 saturated heterocycles. The van der Waals surface area contributed by atoms with Crippen molar-refractivity contribution in [2.75, 3.05) is 26.7 Å². The summed E-state index contributed by atoms with van der Waals surface area (Å²) in [6.07, 6.45) is 6.92. The lowest BCUT2D eigenvalue weighted by atomic mass is 9.91. The summed E-state index contributed by atoms with van der Waals surface area (Å²) < 4.78 is 5.79. The molecule has 0 radical (unpaired) electrons. The van der Waals surface area contributed by atoms with Gasteiger partial charge in [-0.15, -0.1) is 0 Å². The number of halogens is 2. The van der Waals surface area contributed by atoms with E-state index >= 15 is 0 Å². The Labute approximate surface area is 203 Å². The smallest absolute Gasteiger partial charge is 0.336 e. The van der Waals surface area contributed by atoms with Gasteiger partial charge in [-0.05, 0) is 76.4 Å². The van der Waals surface area contributed by atoms with Crippen LogP contribution in [-0.2, 0) is 0 Å². The first kappa shape index (κ1) is 25.3. The Kier molecular flexibility index (Phi) is 8.57. The molecular weight excluding hydrogens is 467 g/mol. The average molecular weight is 495 g/mol. The van der Waals surface area contributed by atoms with Crippen LogP contribution in [-0.4, -0.2) is 58.8 Å². The minimum atomic E-state index is -1.31. The molecule has 1 aliphatic heterocycles. The Bertz CT molecular complexity index is 1040. The summed E-state index contributed by atoms with van der Waals surface area (Å²) in [7, 11) is 2.15. The molecule has 2 N–H and O–H groups in total. The number of benzene rings is 1. The Morgan fingerprint density at radius 1 is 1.18 bits per heavy atom. The van der Waals surface area contributed by atoms with Crippen molar-refractivity contribution >= 4 is 35.1 Å². The lowest BCUT2D eigenvalue weighted by molar-refractivity contribution is 0.0695. The van der Waals surface area contributed by atoms with Gasteiger partial charge < -0.3 is 19.8 Å². The molecule has 0 saturated carbocycles. The molecule has 178 valence electrons. The highest BCUT2D eigenvalue weighted by Crippen LogP contribution is 2.40. The summed E-state index contributed by atoms with van der Waals surface area (Å²) in [5.41, 5.74) is 0.00430. The first-order chi connectivity index (χ1) is 15.7. The second-order valence-electron chi connectivity index (χ2n) is 8.46. The Balaban J connectivity index is 1.77. The molecule has 0 spiro atoms. The van der Waals surface area contributed by atoms with Crippen LogP contribution in [0, 0.1) is 12.8 Å². The van der Waals surface area contributed by atoms with Crippen molar-refractivity contribution in [3.05, 3.63) is 45.1 Å². The van der Waals surface area contributed by atoms with Gasteiger partial charge in [-0.2, -0.15) is 0 Å². The number of aromatic nitrogens is 1. The van der Waals surface area contributed by atoms with Gasteiger partial charge in [0.25, 0.3) is 0 Å². The topological polar surface area (TPSA) is 100.0 Å². The number of aromatic carboxylic acids is 2. The number of carbonyl (C=O) groups is 2. The van der Waals surface area contributed by atoms with Gasteiger partial charge in [0.1, 0.15) is 5.02 Å². The largest absolute Gasteiger partial charge is 0.478 e. The average Bonchev–Trinajstić information content (AvgIpc) is 2.77. The zero-order valence-electron chi connectivity index (χ0n) is 18.7. The van der Waals surface area contributed by atoms with Crippen molar-refractivity contribution < 1.29 is 24.5 Å². The molecule has 1 fully saturated rings. The highest BCUT2D eigenvalue weighted by atomic mass is 35.5. The number of nitrogens with zero attached hydrogens (tertiary/aromatic N) is 2. The van der Waals surface area contributed by atoms with Crippen LogP contribution in [0.25, 0.3) is 11.1 Å². The summed E-state index contributed by atoms with van der Waals surface area (Å²) in [4.78, 5) is 30.4. The minimum absolute atomic E-state index is 0.0172. The van der Waals surface area contributed by atoms with Crippen molar-refractivity contribution in [3.8, 4) is 17.0 Å². The fourth-order valence-electron chi connectivity index (χ4n) is 4.24. The molecule has 0 aliphatic carbocycles. The number of rotatable bonds is 9. The summed E-state index contributed by atoms with van der Waals surface area (Å²) >= 11 is 12.6. The van der Waals surface area contributed by atoms with E-state index in [-0.39, 0.29) is 43.7 Å². The number of carboxylic acid groups (broad SMARTS) is 2. The van der Waals surface area contributed by atoms with E-state index in [0.29, 0.717) is 6.61 Å². The van der Waals surface area contributed by atoms with E-state index in [9.17, 15) is 19.8 Å². The molecule has 2 heterocycles. The molecule has 3 rings (SSSR count). The molecule has 1 aliphatic rings. The van der Waals surface area contributed by atoms with E-state index in [1.807, 2.05) is 0 Å². The highest BCUT2D eigenvalue weighted by molar-refractivity contribution is 6.36. The van der Waals surface area contributed by atoms with Gasteiger partial charge in [-0.3, -0.25) is 0 Å². The lowest BCUT2D eigenvalue weighted by Crippen LogP contribution is -2.30. The van der Waals surface area contributed by atoms with Gasteiger partial charge in [0, 0.05) is 22.3 Å². The third-order valence-electron chi connectivity index (χ3n) is 6.18. The van der Waals surface area contributed by atoms with E-state index < -0.39 is 11.9 Å². The number of carboxylic acids is 2. The number of piperidine rings is 1. The van der Waals surface area contributed by atoms with E-state index in [2.05, 4.69) is 16.9 Å². The molecule has 0 atom stereocenters. The van der Waals surface area contributed by atoms with Crippen LogP contribution in [0.4, 0.5) is 0 Å². The molecule has 0 unspecified atom stereocenters. The predicted octanol–water partition coefficient (Wildman–Crippen LogP) is 5.65. The standard InChI is InChI=1S/C24H28Cl2N2O5/c1-14-18(25)13-17(23(29)30)20(19(14)24(31)32)16-6-9-27-22(21(16)26)33-12-4-3-5-15-7-10-28(2)11-8-15/h6,9,13,15H,3-5,7-8,10-12H2,1-2H3,(H,29,30)(H,31,32). The van der Waals surface area contributed by atoms with Crippen LogP contribution in [0.1, 0.15) is 58.4 Å². The molecule has 7 nitrogen and oxygen atoms in total. The monoisotopic (exact) mass is 494 g/mol. The summed E-state index contributed by atoms with van der Waals surface area (Å²) in [6, 6.07) is 2.72. The van der Waals surface area contributed by atoms with Crippen LogP contribution in [0.2, 0.25) is 10.0 Å². The number of unbranched alkanes of at least 4 members (excludes halogenated alkanes) is 1. The molecule has 2 aromatic rings. The van der Waals surface area contributed by atoms with Crippen LogP contribution in [0.15, 0.2) is 18.3 Å². The quantitative estimate of drug-likeness (QED) is 0.434. The summed E-state index contributed by atoms with van der Waals surface area (Å²) in [5.74, 6) is -1.70. The second-order valence-corrected chi connectivity index (χ2v) is 9.24. The van der Waals surface area contributed by atoms with E-state index in [1.54, 1.807) is 0 Å². The normalized spacial score (nSPS) is 14.9. The summed E-state index contributed by atoms with van der Waals surface area (Å²) in [5, 5.41) is 19.6. The molecule has 33 heavy (non-hydrogen) atoms. The molecule has 1 aromatic heterocycles. The zero-order chi connectivity index (χ0) is 24.1. The Hall–Kier alpha value is -2.35. The first-order valence-corrected chi connectivity index (χ1v) is 11.7. The van der Waals surface area contributed by atoms with Gasteiger partial charge >= 0.3 is 11.9 Å². The van der Waals surface area contributed by atoms with Gasteiger partial charge in [-0.25, -0.2) is 14.6 Å². The Morgan fingerprint density at radius 2 is 1.88 bits per heavy atom. The van der Waals surface area contributed by atoms with Crippen LogP contribution < -0.4 is 4.74 Å². The number of hydrogen-bond acceptors (Lipinski definition) is 5. The van der Waals surface area contributed by atoms with Gasteiger partial charge in [-0.1, -0.05) is 29.6 Å². The number of pyridine rings is 1. The second kappa shape index (κ2) is 11.2. The van der Waals surface area contributed by atoms with Crippen LogP contribution >= 0.6 is 23.2 Å². The van der Waals surface area contributed by atoms with Crippen molar-refractivity contribution in [3.63, 3.8) is 0 Å². The highest BCUT2D eigenvalue weighted by Gasteiger charge is 2.27. The molecule has 1 aromatic carbocycles. The van der Waals surface area contributed by atoms with E-state index in [0.717, 1.165) is 38.3 Å².